The van der Waals surface area contributed by atoms with Crippen LogP contribution in [0.3, 0.4) is 0 Å². The Morgan fingerprint density at radius 1 is 1.47 bits per heavy atom. The number of rotatable bonds is 4. The van der Waals surface area contributed by atoms with Gasteiger partial charge in [-0.2, -0.15) is 4.98 Å². The molecule has 0 amide bonds. The van der Waals surface area contributed by atoms with Crippen LogP contribution in [0, 0.1) is 5.92 Å². The highest BCUT2D eigenvalue weighted by atomic mass is 16.5. The number of aromatic nitrogens is 2. The summed E-state index contributed by atoms with van der Waals surface area (Å²) in [4.78, 5) is 10.7. The fraction of sp³-hybridized carbons (Fsp3) is 0.667. The molecule has 0 aromatic carbocycles. The van der Waals surface area contributed by atoms with Crippen molar-refractivity contribution in [2.24, 2.45) is 5.92 Å². The van der Waals surface area contributed by atoms with Crippen molar-refractivity contribution in [1.29, 1.82) is 0 Å². The maximum absolute atomic E-state index is 5.37. The van der Waals surface area contributed by atoms with Crippen LogP contribution in [0.5, 0.6) is 0 Å². The molecule has 0 radical (unpaired) electrons. The Morgan fingerprint density at radius 2 is 2.24 bits per heavy atom. The number of anilines is 2. The van der Waals surface area contributed by atoms with E-state index in [0.29, 0.717) is 11.9 Å². The molecule has 0 spiro atoms. The van der Waals surface area contributed by atoms with Crippen molar-refractivity contribution in [3.8, 4) is 0 Å². The van der Waals surface area contributed by atoms with Crippen LogP contribution in [0.2, 0.25) is 0 Å². The largest absolute Gasteiger partial charge is 0.381 e. The van der Waals surface area contributed by atoms with E-state index in [1.165, 1.54) is 0 Å². The van der Waals surface area contributed by atoms with Crippen LogP contribution in [0.1, 0.15) is 12.8 Å². The van der Waals surface area contributed by atoms with Gasteiger partial charge < -0.3 is 15.0 Å². The Morgan fingerprint density at radius 3 is 2.94 bits per heavy atom. The van der Waals surface area contributed by atoms with E-state index in [4.69, 9.17) is 4.74 Å². The molecule has 2 rings (SSSR count). The topological polar surface area (TPSA) is 50.3 Å². The molecule has 17 heavy (non-hydrogen) atoms. The van der Waals surface area contributed by atoms with E-state index in [-0.39, 0.29) is 0 Å². The number of nitrogens with zero attached hydrogens (tertiary/aromatic N) is 3. The van der Waals surface area contributed by atoms with Crippen molar-refractivity contribution < 1.29 is 4.74 Å². The summed E-state index contributed by atoms with van der Waals surface area (Å²) < 4.78 is 5.37. The summed E-state index contributed by atoms with van der Waals surface area (Å²) in [5.74, 6) is 2.35. The molecule has 1 aromatic heterocycles. The van der Waals surface area contributed by atoms with Gasteiger partial charge in [0.15, 0.2) is 0 Å². The summed E-state index contributed by atoms with van der Waals surface area (Å²) in [5, 5.41) is 2.96. The summed E-state index contributed by atoms with van der Waals surface area (Å²) in [6.07, 6.45) is 4.08. The first kappa shape index (κ1) is 12.1. The monoisotopic (exact) mass is 236 g/mol. The lowest BCUT2D eigenvalue weighted by Gasteiger charge is -2.27. The molecule has 1 fully saturated rings. The lowest BCUT2D eigenvalue weighted by molar-refractivity contribution is 0.0685. The number of nitrogens with one attached hydrogen (secondary N) is 1. The third kappa shape index (κ3) is 3.30. The summed E-state index contributed by atoms with van der Waals surface area (Å²) in [6, 6.07) is 1.94. The van der Waals surface area contributed by atoms with Crippen LogP contribution in [0.25, 0.3) is 0 Å². The van der Waals surface area contributed by atoms with Gasteiger partial charge in [-0.1, -0.05) is 0 Å². The van der Waals surface area contributed by atoms with Gasteiger partial charge in [0.25, 0.3) is 0 Å². The zero-order chi connectivity index (χ0) is 12.1. The maximum Gasteiger partial charge on any atom is 0.224 e. The molecule has 1 saturated heterocycles. The molecule has 1 aliphatic heterocycles. The predicted molar refractivity (Wildman–Crippen MR) is 68.4 cm³/mol. The molecular weight excluding hydrogens is 216 g/mol. The van der Waals surface area contributed by atoms with Gasteiger partial charge in [0.05, 0.1) is 0 Å². The lowest BCUT2D eigenvalue weighted by Crippen LogP contribution is -2.30. The minimum Gasteiger partial charge on any atom is -0.381 e. The summed E-state index contributed by atoms with van der Waals surface area (Å²) in [7, 11) is 3.91. The normalized spacial score (nSPS) is 16.8. The SMILES string of the molecule is CNc1nccc(N(C)CC2CCOCC2)n1. The Kier molecular flexibility index (Phi) is 4.14. The van der Waals surface area contributed by atoms with Crippen molar-refractivity contribution in [2.75, 3.05) is 44.1 Å². The van der Waals surface area contributed by atoms with Crippen LogP contribution in [-0.4, -0.2) is 43.8 Å². The first-order valence-corrected chi connectivity index (χ1v) is 6.09. The number of ether oxygens (including phenoxy) is 1. The van der Waals surface area contributed by atoms with E-state index >= 15 is 0 Å². The Labute approximate surface area is 102 Å². The second kappa shape index (κ2) is 5.82. The van der Waals surface area contributed by atoms with Crippen LogP contribution in [-0.2, 0) is 4.74 Å². The third-order valence-corrected chi connectivity index (χ3v) is 3.13. The predicted octanol–water partition coefficient (Wildman–Crippen LogP) is 1.38. The smallest absolute Gasteiger partial charge is 0.224 e. The first-order valence-electron chi connectivity index (χ1n) is 6.09. The van der Waals surface area contributed by atoms with Crippen molar-refractivity contribution in [3.63, 3.8) is 0 Å². The minimum absolute atomic E-state index is 0.668. The summed E-state index contributed by atoms with van der Waals surface area (Å²) >= 11 is 0. The van der Waals surface area contributed by atoms with E-state index in [1.54, 1.807) is 6.20 Å². The molecule has 0 saturated carbocycles. The Balaban J connectivity index is 1.95. The van der Waals surface area contributed by atoms with Gasteiger partial charge in [0.2, 0.25) is 5.95 Å². The first-order chi connectivity index (χ1) is 8.29. The summed E-state index contributed by atoms with van der Waals surface area (Å²) in [5.41, 5.74) is 0. The van der Waals surface area contributed by atoms with Gasteiger partial charge >= 0.3 is 0 Å². The molecule has 94 valence electrons. The zero-order valence-electron chi connectivity index (χ0n) is 10.5. The van der Waals surface area contributed by atoms with Gasteiger partial charge in [0, 0.05) is 40.1 Å². The molecule has 1 aromatic rings. The quantitative estimate of drug-likeness (QED) is 0.856. The van der Waals surface area contributed by atoms with Crippen LogP contribution < -0.4 is 10.2 Å². The van der Waals surface area contributed by atoms with E-state index < -0.39 is 0 Å². The van der Waals surface area contributed by atoms with Crippen molar-refractivity contribution >= 4 is 11.8 Å². The highest BCUT2D eigenvalue weighted by Gasteiger charge is 2.16. The molecule has 5 nitrogen and oxygen atoms in total. The second-order valence-corrected chi connectivity index (χ2v) is 4.42. The van der Waals surface area contributed by atoms with Crippen LogP contribution in [0.15, 0.2) is 12.3 Å². The lowest BCUT2D eigenvalue weighted by atomic mass is 10.00. The molecule has 1 aliphatic rings. The van der Waals surface area contributed by atoms with Gasteiger partial charge in [-0.3, -0.25) is 0 Å². The van der Waals surface area contributed by atoms with E-state index in [2.05, 4.69) is 27.2 Å². The molecule has 0 unspecified atom stereocenters. The third-order valence-electron chi connectivity index (χ3n) is 3.13. The highest BCUT2D eigenvalue weighted by molar-refractivity contribution is 5.41. The van der Waals surface area contributed by atoms with Gasteiger partial charge in [-0.15, -0.1) is 0 Å². The fourth-order valence-electron chi connectivity index (χ4n) is 2.09. The molecule has 0 aliphatic carbocycles. The molecule has 0 bridgehead atoms. The Hall–Kier alpha value is -1.36. The van der Waals surface area contributed by atoms with Crippen molar-refractivity contribution in [3.05, 3.63) is 12.3 Å². The van der Waals surface area contributed by atoms with Crippen molar-refractivity contribution in [1.82, 2.24) is 9.97 Å². The average molecular weight is 236 g/mol. The average Bonchev–Trinajstić information content (AvgIpc) is 2.40. The Bertz CT molecular complexity index is 352. The molecular formula is C12H20N4O. The van der Waals surface area contributed by atoms with E-state index in [0.717, 1.165) is 38.4 Å². The molecule has 2 heterocycles. The molecule has 0 atom stereocenters. The van der Waals surface area contributed by atoms with Crippen LogP contribution >= 0.6 is 0 Å². The van der Waals surface area contributed by atoms with Crippen molar-refractivity contribution in [2.45, 2.75) is 12.8 Å². The van der Waals surface area contributed by atoms with Gasteiger partial charge in [-0.05, 0) is 24.8 Å². The van der Waals surface area contributed by atoms with Gasteiger partial charge in [-0.25, -0.2) is 4.98 Å². The minimum atomic E-state index is 0.668. The zero-order valence-corrected chi connectivity index (χ0v) is 10.5. The molecule has 1 N–H and O–H groups in total. The standard InChI is InChI=1S/C12H20N4O/c1-13-12-14-6-3-11(15-12)16(2)9-10-4-7-17-8-5-10/h3,6,10H,4-5,7-9H2,1-2H3,(H,13,14,15). The van der Waals surface area contributed by atoms with Gasteiger partial charge in [0.1, 0.15) is 5.82 Å². The number of hydrogen-bond acceptors (Lipinski definition) is 5. The highest BCUT2D eigenvalue weighted by Crippen LogP contribution is 2.18. The second-order valence-electron chi connectivity index (χ2n) is 4.42. The maximum atomic E-state index is 5.37. The van der Waals surface area contributed by atoms with E-state index in [9.17, 15) is 0 Å². The summed E-state index contributed by atoms with van der Waals surface area (Å²) in [6.45, 7) is 2.82. The van der Waals surface area contributed by atoms with E-state index in [1.807, 2.05) is 13.1 Å². The molecule has 5 heteroatoms. The van der Waals surface area contributed by atoms with Crippen LogP contribution in [0.4, 0.5) is 11.8 Å². The number of hydrogen-bond donors (Lipinski definition) is 1. The fourth-order valence-corrected chi connectivity index (χ4v) is 2.09.